The van der Waals surface area contributed by atoms with Gasteiger partial charge in [-0.05, 0) is 55.7 Å². The van der Waals surface area contributed by atoms with E-state index in [4.69, 9.17) is 0 Å². The van der Waals surface area contributed by atoms with E-state index in [-0.39, 0.29) is 6.03 Å². The van der Waals surface area contributed by atoms with Gasteiger partial charge in [-0.1, -0.05) is 31.2 Å². The third-order valence-corrected chi connectivity index (χ3v) is 5.49. The van der Waals surface area contributed by atoms with Crippen LogP contribution >= 0.6 is 0 Å². The average Bonchev–Trinajstić information content (AvgIpc) is 2.58. The van der Waals surface area contributed by atoms with Gasteiger partial charge in [-0.2, -0.15) is 0 Å². The molecule has 1 saturated heterocycles. The first-order valence-corrected chi connectivity index (χ1v) is 9.57. The molecule has 2 amide bonds. The number of carbonyl (C=O) groups is 1. The monoisotopic (exact) mass is 345 g/mol. The molecule has 0 spiro atoms. The van der Waals surface area contributed by atoms with E-state index in [0.29, 0.717) is 13.1 Å². The van der Waals surface area contributed by atoms with E-state index in [9.17, 15) is 9.90 Å². The summed E-state index contributed by atoms with van der Waals surface area (Å²) < 4.78 is 0. The van der Waals surface area contributed by atoms with Crippen molar-refractivity contribution in [1.82, 2.24) is 15.5 Å². The van der Waals surface area contributed by atoms with Gasteiger partial charge in [-0.15, -0.1) is 0 Å². The molecule has 5 heteroatoms. The van der Waals surface area contributed by atoms with Crippen molar-refractivity contribution < 1.29 is 9.90 Å². The molecule has 1 aromatic rings. The number of benzene rings is 1. The Kier molecular flexibility index (Phi) is 5.97. The quantitative estimate of drug-likeness (QED) is 0.743. The van der Waals surface area contributed by atoms with Crippen LogP contribution < -0.4 is 10.6 Å². The fourth-order valence-corrected chi connectivity index (χ4v) is 3.70. The maximum Gasteiger partial charge on any atom is 0.315 e. The van der Waals surface area contributed by atoms with Crippen LogP contribution in [0.4, 0.5) is 4.79 Å². The lowest BCUT2D eigenvalue weighted by atomic mass is 9.80. The summed E-state index contributed by atoms with van der Waals surface area (Å²) in [5.41, 5.74) is 1.74. The normalized spacial score (nSPS) is 22.9. The molecule has 1 aromatic carbocycles. The smallest absolute Gasteiger partial charge is 0.315 e. The largest absolute Gasteiger partial charge is 0.388 e. The zero-order valence-corrected chi connectivity index (χ0v) is 15.3. The number of carbonyl (C=O) groups excluding carboxylic acids is 1. The first-order valence-electron chi connectivity index (χ1n) is 9.57. The molecule has 1 atom stereocenters. The predicted molar refractivity (Wildman–Crippen MR) is 99.2 cm³/mol. The van der Waals surface area contributed by atoms with E-state index in [0.717, 1.165) is 37.3 Å². The minimum absolute atomic E-state index is 0.216. The van der Waals surface area contributed by atoms with Gasteiger partial charge >= 0.3 is 6.03 Å². The Hall–Kier alpha value is -1.59. The molecule has 3 N–H and O–H groups in total. The number of hydrogen-bond donors (Lipinski definition) is 3. The third kappa shape index (κ3) is 5.44. The van der Waals surface area contributed by atoms with Gasteiger partial charge in [0.15, 0.2) is 0 Å². The molecule has 5 nitrogen and oxygen atoms in total. The Balaban J connectivity index is 1.39. The molecule has 1 aliphatic heterocycles. The second kappa shape index (κ2) is 8.19. The number of likely N-dealkylation sites (tertiary alicyclic amines) is 1. The molecule has 0 radical (unpaired) electrons. The highest BCUT2D eigenvalue weighted by Gasteiger charge is 2.34. The lowest BCUT2D eigenvalue weighted by Gasteiger charge is -2.36. The SMILES string of the molecule is CC1CCCN(Cc2ccc(CNC(=O)NCC3(O)CCC3)cc2)C1. The van der Waals surface area contributed by atoms with Gasteiger partial charge in [0.2, 0.25) is 0 Å². The minimum atomic E-state index is -0.676. The highest BCUT2D eigenvalue weighted by Crippen LogP contribution is 2.30. The third-order valence-electron chi connectivity index (χ3n) is 5.49. The van der Waals surface area contributed by atoms with Crippen molar-refractivity contribution in [3.63, 3.8) is 0 Å². The van der Waals surface area contributed by atoms with Crippen LogP contribution in [-0.4, -0.2) is 41.3 Å². The molecule has 25 heavy (non-hydrogen) atoms. The van der Waals surface area contributed by atoms with Crippen LogP contribution in [0.25, 0.3) is 0 Å². The number of nitrogens with zero attached hydrogens (tertiary/aromatic N) is 1. The molecule has 138 valence electrons. The molecule has 1 aliphatic carbocycles. The van der Waals surface area contributed by atoms with E-state index in [1.165, 1.54) is 31.5 Å². The average molecular weight is 345 g/mol. The van der Waals surface area contributed by atoms with E-state index in [1.807, 2.05) is 0 Å². The van der Waals surface area contributed by atoms with Crippen LogP contribution in [0.3, 0.4) is 0 Å². The summed E-state index contributed by atoms with van der Waals surface area (Å²) in [7, 11) is 0. The molecule has 1 heterocycles. The fourth-order valence-electron chi connectivity index (χ4n) is 3.70. The van der Waals surface area contributed by atoms with Crippen molar-refractivity contribution in [2.24, 2.45) is 5.92 Å². The summed E-state index contributed by atoms with van der Waals surface area (Å²) in [5.74, 6) is 0.800. The number of amides is 2. The van der Waals surface area contributed by atoms with Crippen molar-refractivity contribution in [3.05, 3.63) is 35.4 Å². The van der Waals surface area contributed by atoms with Crippen LogP contribution in [-0.2, 0) is 13.1 Å². The summed E-state index contributed by atoms with van der Waals surface area (Å²) in [4.78, 5) is 14.4. The molecule has 1 unspecified atom stereocenters. The maximum atomic E-state index is 11.8. The molecule has 2 fully saturated rings. The van der Waals surface area contributed by atoms with Gasteiger partial charge in [0.25, 0.3) is 0 Å². The maximum absolute atomic E-state index is 11.8. The molecule has 1 saturated carbocycles. The van der Waals surface area contributed by atoms with Crippen LogP contribution in [0.2, 0.25) is 0 Å². The number of aliphatic hydroxyl groups is 1. The number of urea groups is 1. The van der Waals surface area contributed by atoms with E-state index in [2.05, 4.69) is 46.7 Å². The van der Waals surface area contributed by atoms with Crippen LogP contribution in [0.15, 0.2) is 24.3 Å². The summed E-state index contributed by atoms with van der Waals surface area (Å²) in [6, 6.07) is 8.27. The summed E-state index contributed by atoms with van der Waals surface area (Å²) in [5, 5.41) is 15.6. The van der Waals surface area contributed by atoms with Crippen LogP contribution in [0.5, 0.6) is 0 Å². The molecule has 0 aromatic heterocycles. The van der Waals surface area contributed by atoms with Crippen molar-refractivity contribution >= 4 is 6.03 Å². The molecular weight excluding hydrogens is 314 g/mol. The van der Waals surface area contributed by atoms with Gasteiger partial charge in [-0.25, -0.2) is 4.79 Å². The summed E-state index contributed by atoms with van der Waals surface area (Å²) in [6.07, 6.45) is 5.26. The van der Waals surface area contributed by atoms with E-state index < -0.39 is 5.60 Å². The second-order valence-electron chi connectivity index (χ2n) is 7.91. The number of rotatable bonds is 6. The number of hydrogen-bond acceptors (Lipinski definition) is 3. The first kappa shape index (κ1) is 18.2. The number of nitrogens with one attached hydrogen (secondary N) is 2. The molecule has 3 rings (SSSR count). The van der Waals surface area contributed by atoms with Gasteiger partial charge in [-0.3, -0.25) is 4.90 Å². The predicted octanol–water partition coefficient (Wildman–Crippen LogP) is 2.63. The van der Waals surface area contributed by atoms with Crippen LogP contribution in [0, 0.1) is 5.92 Å². The number of piperidine rings is 1. The van der Waals surface area contributed by atoms with Crippen molar-refractivity contribution in [1.29, 1.82) is 0 Å². The van der Waals surface area contributed by atoms with E-state index >= 15 is 0 Å². The zero-order valence-electron chi connectivity index (χ0n) is 15.3. The standard InChI is InChI=1S/C20H31N3O2/c1-16-4-2-11-23(13-16)14-18-7-5-17(6-8-18)12-21-19(24)22-15-20(25)9-3-10-20/h5-8,16,25H,2-4,9-15H2,1H3,(H2,21,22,24). The molecule has 0 bridgehead atoms. The summed E-state index contributed by atoms with van der Waals surface area (Å²) in [6.45, 7) is 6.57. The Morgan fingerprint density at radius 2 is 1.92 bits per heavy atom. The van der Waals surface area contributed by atoms with Crippen molar-refractivity contribution in [2.75, 3.05) is 19.6 Å². The van der Waals surface area contributed by atoms with Crippen molar-refractivity contribution in [2.45, 2.75) is 57.7 Å². The first-order chi connectivity index (χ1) is 12.0. The highest BCUT2D eigenvalue weighted by molar-refractivity contribution is 5.73. The minimum Gasteiger partial charge on any atom is -0.388 e. The molecule has 2 aliphatic rings. The Bertz CT molecular complexity index is 569. The van der Waals surface area contributed by atoms with E-state index in [1.54, 1.807) is 0 Å². The lowest BCUT2D eigenvalue weighted by molar-refractivity contribution is -0.0290. The van der Waals surface area contributed by atoms with Gasteiger partial charge in [0, 0.05) is 26.2 Å². The topological polar surface area (TPSA) is 64.6 Å². The fraction of sp³-hybridized carbons (Fsp3) is 0.650. The molecular formula is C20H31N3O2. The highest BCUT2D eigenvalue weighted by atomic mass is 16.3. The zero-order chi connectivity index (χ0) is 17.7. The Morgan fingerprint density at radius 1 is 1.20 bits per heavy atom. The summed E-state index contributed by atoms with van der Waals surface area (Å²) >= 11 is 0. The van der Waals surface area contributed by atoms with Gasteiger partial charge in [0.1, 0.15) is 0 Å². The lowest BCUT2D eigenvalue weighted by Crippen LogP contribution is -2.49. The van der Waals surface area contributed by atoms with Gasteiger partial charge < -0.3 is 15.7 Å². The van der Waals surface area contributed by atoms with Crippen molar-refractivity contribution in [3.8, 4) is 0 Å². The van der Waals surface area contributed by atoms with Gasteiger partial charge in [0.05, 0.1) is 5.60 Å². The Labute approximate surface area is 150 Å². The Morgan fingerprint density at radius 3 is 2.56 bits per heavy atom. The van der Waals surface area contributed by atoms with Crippen LogP contribution in [0.1, 0.15) is 50.2 Å². The second-order valence-corrected chi connectivity index (χ2v) is 7.91.